The summed E-state index contributed by atoms with van der Waals surface area (Å²) in [7, 11) is 0. The molecule has 0 bridgehead atoms. The number of carbonyl (C=O) groups is 1. The third-order valence-electron chi connectivity index (χ3n) is 2.28. The van der Waals surface area contributed by atoms with Gasteiger partial charge in [-0.2, -0.15) is 0 Å². The molecule has 84 valence electrons. The van der Waals surface area contributed by atoms with Gasteiger partial charge in [-0.25, -0.2) is 4.79 Å². The average Bonchev–Trinajstić information content (AvgIpc) is 2.81. The lowest BCUT2D eigenvalue weighted by molar-refractivity contribution is -0.143. The van der Waals surface area contributed by atoms with Crippen molar-refractivity contribution in [2.45, 2.75) is 45.8 Å². The lowest BCUT2D eigenvalue weighted by atomic mass is 10.0. The first-order chi connectivity index (χ1) is 6.55. The summed E-state index contributed by atoms with van der Waals surface area (Å²) in [4.78, 5) is 10.4. The van der Waals surface area contributed by atoms with Crippen LogP contribution in [0.4, 0.5) is 0 Å². The van der Waals surface area contributed by atoms with Crippen molar-refractivity contribution in [1.82, 2.24) is 0 Å². The van der Waals surface area contributed by atoms with Gasteiger partial charge >= 0.3 is 5.97 Å². The number of aliphatic carboxylic acids is 1. The second-order valence-electron chi connectivity index (χ2n) is 3.09. The van der Waals surface area contributed by atoms with E-state index in [0.29, 0.717) is 6.42 Å². The molecule has 1 heterocycles. The fraction of sp³-hybridized carbons (Fsp3) is 0.900. The van der Waals surface area contributed by atoms with Gasteiger partial charge in [-0.05, 0) is 27.2 Å². The van der Waals surface area contributed by atoms with E-state index in [1.165, 1.54) is 0 Å². The molecule has 1 saturated heterocycles. The van der Waals surface area contributed by atoms with E-state index in [1.54, 1.807) is 6.92 Å². The standard InChI is InChI=1S/C6H10O3.C4H10O/c1-3-6(5(7)8)4(2)9-6;1-3-5-4-2/h4H,3H2,1-2H3,(H,7,8);3-4H2,1-2H3. The Morgan fingerprint density at radius 2 is 1.86 bits per heavy atom. The van der Waals surface area contributed by atoms with Crippen LogP contribution in [-0.2, 0) is 14.3 Å². The molecule has 1 fully saturated rings. The van der Waals surface area contributed by atoms with Crippen LogP contribution in [0.5, 0.6) is 0 Å². The molecule has 4 nitrogen and oxygen atoms in total. The summed E-state index contributed by atoms with van der Waals surface area (Å²) in [5.41, 5.74) is -0.833. The monoisotopic (exact) mass is 204 g/mol. The summed E-state index contributed by atoms with van der Waals surface area (Å²) < 4.78 is 9.75. The van der Waals surface area contributed by atoms with E-state index in [-0.39, 0.29) is 6.10 Å². The van der Waals surface area contributed by atoms with Gasteiger partial charge in [0.15, 0.2) is 5.60 Å². The van der Waals surface area contributed by atoms with Crippen LogP contribution < -0.4 is 0 Å². The van der Waals surface area contributed by atoms with Crippen LogP contribution in [-0.4, -0.2) is 36.0 Å². The highest BCUT2D eigenvalue weighted by Gasteiger charge is 2.58. The smallest absolute Gasteiger partial charge is 0.338 e. The van der Waals surface area contributed by atoms with E-state index >= 15 is 0 Å². The van der Waals surface area contributed by atoms with E-state index in [0.717, 1.165) is 13.2 Å². The fourth-order valence-electron chi connectivity index (χ4n) is 1.23. The van der Waals surface area contributed by atoms with Crippen molar-refractivity contribution >= 4 is 5.97 Å². The zero-order valence-electron chi connectivity index (χ0n) is 9.37. The molecular weight excluding hydrogens is 184 g/mol. The van der Waals surface area contributed by atoms with Crippen LogP contribution in [0.25, 0.3) is 0 Å². The number of rotatable bonds is 4. The number of carboxylic acids is 1. The molecule has 1 rings (SSSR count). The summed E-state index contributed by atoms with van der Waals surface area (Å²) in [5, 5.41) is 8.55. The molecule has 1 aliphatic rings. The predicted octanol–water partition coefficient (Wildman–Crippen LogP) is 1.68. The Labute approximate surface area is 85.2 Å². The molecule has 0 aromatic heterocycles. The molecule has 0 amide bonds. The summed E-state index contributed by atoms with van der Waals surface area (Å²) in [6.07, 6.45) is 0.462. The van der Waals surface area contributed by atoms with Crippen LogP contribution >= 0.6 is 0 Å². The number of hydrogen-bond acceptors (Lipinski definition) is 3. The Morgan fingerprint density at radius 3 is 1.86 bits per heavy atom. The van der Waals surface area contributed by atoms with Crippen LogP contribution in [0.1, 0.15) is 34.1 Å². The van der Waals surface area contributed by atoms with Gasteiger partial charge in [0.1, 0.15) is 0 Å². The van der Waals surface area contributed by atoms with E-state index < -0.39 is 11.6 Å². The van der Waals surface area contributed by atoms with E-state index in [9.17, 15) is 4.79 Å². The third kappa shape index (κ3) is 3.27. The first kappa shape index (κ1) is 13.4. The van der Waals surface area contributed by atoms with Crippen molar-refractivity contribution in [2.24, 2.45) is 0 Å². The van der Waals surface area contributed by atoms with Gasteiger partial charge in [-0.15, -0.1) is 0 Å². The van der Waals surface area contributed by atoms with E-state index in [2.05, 4.69) is 0 Å². The maximum atomic E-state index is 10.4. The molecule has 0 radical (unpaired) electrons. The maximum absolute atomic E-state index is 10.4. The van der Waals surface area contributed by atoms with Gasteiger partial charge in [0.25, 0.3) is 0 Å². The number of hydrogen-bond donors (Lipinski definition) is 1. The molecule has 2 unspecified atom stereocenters. The summed E-state index contributed by atoms with van der Waals surface area (Å²) >= 11 is 0. The topological polar surface area (TPSA) is 59.1 Å². The van der Waals surface area contributed by atoms with E-state index in [1.807, 2.05) is 20.8 Å². The Balaban J connectivity index is 0.000000292. The largest absolute Gasteiger partial charge is 0.479 e. The molecule has 0 saturated carbocycles. The molecule has 0 aliphatic carbocycles. The van der Waals surface area contributed by atoms with Crippen molar-refractivity contribution in [3.05, 3.63) is 0 Å². The van der Waals surface area contributed by atoms with Crippen molar-refractivity contribution in [2.75, 3.05) is 13.2 Å². The maximum Gasteiger partial charge on any atom is 0.338 e. The van der Waals surface area contributed by atoms with Crippen LogP contribution in [0.2, 0.25) is 0 Å². The average molecular weight is 204 g/mol. The summed E-state index contributed by atoms with van der Waals surface area (Å²) in [6, 6.07) is 0. The molecule has 2 atom stereocenters. The highest BCUT2D eigenvalue weighted by atomic mass is 16.6. The lowest BCUT2D eigenvalue weighted by Gasteiger charge is -1.99. The van der Waals surface area contributed by atoms with Gasteiger partial charge in [-0.3, -0.25) is 0 Å². The number of ether oxygens (including phenoxy) is 2. The molecular formula is C10H20O4. The van der Waals surface area contributed by atoms with Crippen LogP contribution in [0.15, 0.2) is 0 Å². The number of carboxylic acid groups (broad SMARTS) is 1. The molecule has 0 aromatic carbocycles. The lowest BCUT2D eigenvalue weighted by Crippen LogP contribution is -2.24. The van der Waals surface area contributed by atoms with Crippen molar-refractivity contribution in [3.8, 4) is 0 Å². The minimum absolute atomic E-state index is 0.0972. The molecule has 1 N–H and O–H groups in total. The summed E-state index contributed by atoms with van der Waals surface area (Å²) in [6.45, 7) is 9.26. The minimum atomic E-state index is -0.836. The van der Waals surface area contributed by atoms with Crippen molar-refractivity contribution < 1.29 is 19.4 Å². The van der Waals surface area contributed by atoms with Crippen LogP contribution in [0.3, 0.4) is 0 Å². The SMILES string of the molecule is CCC1(C(=O)O)OC1C.CCOCC. The van der Waals surface area contributed by atoms with Crippen molar-refractivity contribution in [3.63, 3.8) is 0 Å². The third-order valence-corrected chi connectivity index (χ3v) is 2.28. The van der Waals surface area contributed by atoms with Gasteiger partial charge in [0.2, 0.25) is 0 Å². The number of epoxide rings is 1. The Kier molecular flexibility index (Phi) is 5.72. The van der Waals surface area contributed by atoms with Crippen LogP contribution in [0, 0.1) is 0 Å². The van der Waals surface area contributed by atoms with Gasteiger partial charge in [-0.1, -0.05) is 6.92 Å². The van der Waals surface area contributed by atoms with E-state index in [4.69, 9.17) is 14.6 Å². The highest BCUT2D eigenvalue weighted by molar-refractivity contribution is 5.81. The molecule has 0 aromatic rings. The highest BCUT2D eigenvalue weighted by Crippen LogP contribution is 2.39. The molecule has 0 spiro atoms. The second kappa shape index (κ2) is 5.98. The molecule has 4 heteroatoms. The quantitative estimate of drug-likeness (QED) is 0.708. The second-order valence-corrected chi connectivity index (χ2v) is 3.09. The van der Waals surface area contributed by atoms with Gasteiger partial charge in [0.05, 0.1) is 6.10 Å². The van der Waals surface area contributed by atoms with Crippen molar-refractivity contribution in [1.29, 1.82) is 0 Å². The zero-order valence-corrected chi connectivity index (χ0v) is 9.37. The van der Waals surface area contributed by atoms with Gasteiger partial charge in [0, 0.05) is 13.2 Å². The molecule has 14 heavy (non-hydrogen) atoms. The minimum Gasteiger partial charge on any atom is -0.479 e. The first-order valence-corrected chi connectivity index (χ1v) is 5.04. The summed E-state index contributed by atoms with van der Waals surface area (Å²) in [5.74, 6) is -0.836. The normalized spacial score (nSPS) is 29.0. The predicted molar refractivity (Wildman–Crippen MR) is 53.4 cm³/mol. The Morgan fingerprint density at radius 1 is 1.43 bits per heavy atom. The Bertz CT molecular complexity index is 175. The zero-order chi connectivity index (χ0) is 11.2. The fourth-order valence-corrected chi connectivity index (χ4v) is 1.23. The first-order valence-electron chi connectivity index (χ1n) is 5.04. The van der Waals surface area contributed by atoms with Gasteiger partial charge < -0.3 is 14.6 Å². The Hall–Kier alpha value is -0.610. The molecule has 1 aliphatic heterocycles.